The highest BCUT2D eigenvalue weighted by molar-refractivity contribution is 7.91. The minimum Gasteiger partial charge on any atom is -0.327 e. The monoisotopic (exact) mass is 287 g/mol. The van der Waals surface area contributed by atoms with Crippen LogP contribution in [0.1, 0.15) is 58.8 Å². The van der Waals surface area contributed by atoms with Crippen LogP contribution in [0.3, 0.4) is 0 Å². The normalized spacial score (nSPS) is 40.0. The molecule has 3 nitrogen and oxygen atoms in total. The maximum Gasteiger partial charge on any atom is 0.150 e. The van der Waals surface area contributed by atoms with E-state index in [9.17, 15) is 8.42 Å². The van der Waals surface area contributed by atoms with Crippen LogP contribution in [0.15, 0.2) is 0 Å². The smallest absolute Gasteiger partial charge is 0.150 e. The third kappa shape index (κ3) is 3.72. The number of hydrogen-bond donors (Lipinski definition) is 1. The number of rotatable bonds is 2. The van der Waals surface area contributed by atoms with Gasteiger partial charge in [-0.1, -0.05) is 26.7 Å². The number of sulfone groups is 1. The summed E-state index contributed by atoms with van der Waals surface area (Å²) in [6.07, 6.45) is 8.76. The summed E-state index contributed by atoms with van der Waals surface area (Å²) in [5.74, 6) is 1.04. The summed E-state index contributed by atoms with van der Waals surface area (Å²) in [6, 6.07) is 0.274. The van der Waals surface area contributed by atoms with Crippen molar-refractivity contribution in [2.24, 2.45) is 23.0 Å². The Kier molecular flexibility index (Phi) is 4.32. The zero-order valence-corrected chi connectivity index (χ0v) is 13.4. The van der Waals surface area contributed by atoms with Gasteiger partial charge in [0.2, 0.25) is 0 Å². The second-order valence-electron chi connectivity index (χ2n) is 7.61. The Balaban J connectivity index is 2.08. The molecule has 0 radical (unpaired) electrons. The summed E-state index contributed by atoms with van der Waals surface area (Å²) in [5.41, 5.74) is 6.71. The van der Waals surface area contributed by atoms with E-state index in [4.69, 9.17) is 5.73 Å². The second kappa shape index (κ2) is 5.36. The van der Waals surface area contributed by atoms with Crippen LogP contribution >= 0.6 is 0 Å². The van der Waals surface area contributed by atoms with Gasteiger partial charge in [0.25, 0.3) is 0 Å². The van der Waals surface area contributed by atoms with Crippen molar-refractivity contribution in [3.8, 4) is 0 Å². The van der Waals surface area contributed by atoms with Gasteiger partial charge in [-0.3, -0.25) is 0 Å². The average Bonchev–Trinajstić information content (AvgIpc) is 2.31. The molecular weight excluding hydrogens is 258 g/mol. The Labute approximate surface area is 118 Å². The molecule has 0 aromatic rings. The molecular formula is C15H29NO2S. The molecule has 2 rings (SSSR count). The zero-order valence-electron chi connectivity index (χ0n) is 12.6. The summed E-state index contributed by atoms with van der Waals surface area (Å²) in [7, 11) is -2.88. The van der Waals surface area contributed by atoms with Gasteiger partial charge in [-0.15, -0.1) is 0 Å². The standard InChI is InChI=1S/C15H29NO2S/c1-15(2)8-7-14(16)13(10-15)11-5-4-6-12(9-11)19(3,17)18/h11-14H,4-10,16H2,1-3H3. The fourth-order valence-electron chi connectivity index (χ4n) is 4.14. The van der Waals surface area contributed by atoms with Gasteiger partial charge in [-0.2, -0.15) is 0 Å². The largest absolute Gasteiger partial charge is 0.327 e. The highest BCUT2D eigenvalue weighted by atomic mass is 32.2. The molecule has 0 spiro atoms. The Morgan fingerprint density at radius 3 is 2.47 bits per heavy atom. The van der Waals surface area contributed by atoms with Crippen LogP contribution < -0.4 is 5.73 Å². The minimum atomic E-state index is -2.88. The van der Waals surface area contributed by atoms with E-state index in [0.29, 0.717) is 17.3 Å². The molecule has 2 saturated carbocycles. The molecule has 2 fully saturated rings. The lowest BCUT2D eigenvalue weighted by atomic mass is 9.63. The minimum absolute atomic E-state index is 0.122. The van der Waals surface area contributed by atoms with Crippen molar-refractivity contribution in [1.29, 1.82) is 0 Å². The van der Waals surface area contributed by atoms with Crippen molar-refractivity contribution in [3.63, 3.8) is 0 Å². The third-order valence-electron chi connectivity index (χ3n) is 5.37. The van der Waals surface area contributed by atoms with Gasteiger partial charge >= 0.3 is 0 Å². The fraction of sp³-hybridized carbons (Fsp3) is 1.00. The van der Waals surface area contributed by atoms with E-state index in [2.05, 4.69) is 13.8 Å². The van der Waals surface area contributed by atoms with Crippen molar-refractivity contribution in [2.75, 3.05) is 6.26 Å². The lowest BCUT2D eigenvalue weighted by Gasteiger charge is -2.45. The van der Waals surface area contributed by atoms with E-state index in [-0.39, 0.29) is 11.3 Å². The Morgan fingerprint density at radius 1 is 1.16 bits per heavy atom. The van der Waals surface area contributed by atoms with Gasteiger partial charge in [0.1, 0.15) is 9.84 Å². The first-order valence-electron chi connectivity index (χ1n) is 7.63. The van der Waals surface area contributed by atoms with Crippen molar-refractivity contribution in [1.82, 2.24) is 0 Å². The third-order valence-corrected chi connectivity index (χ3v) is 7.01. The van der Waals surface area contributed by atoms with E-state index < -0.39 is 9.84 Å². The van der Waals surface area contributed by atoms with Crippen LogP contribution in [0.5, 0.6) is 0 Å². The quantitative estimate of drug-likeness (QED) is 0.849. The molecule has 0 aliphatic heterocycles. The van der Waals surface area contributed by atoms with Crippen LogP contribution in [0.25, 0.3) is 0 Å². The molecule has 2 N–H and O–H groups in total. The molecule has 0 saturated heterocycles. The zero-order chi connectivity index (χ0) is 14.3. The molecule has 0 aromatic heterocycles. The molecule has 4 atom stereocenters. The maximum atomic E-state index is 11.8. The molecule has 2 aliphatic rings. The fourth-order valence-corrected chi connectivity index (χ4v) is 5.33. The van der Waals surface area contributed by atoms with Crippen LogP contribution in [0.2, 0.25) is 0 Å². The summed E-state index contributed by atoms with van der Waals surface area (Å²) in [5, 5.41) is -0.122. The topological polar surface area (TPSA) is 60.2 Å². The van der Waals surface area contributed by atoms with E-state index in [1.807, 2.05) is 0 Å². The van der Waals surface area contributed by atoms with Gasteiger partial charge in [0.15, 0.2) is 0 Å². The summed E-state index contributed by atoms with van der Waals surface area (Å²) in [4.78, 5) is 0. The first-order chi connectivity index (χ1) is 8.69. The molecule has 19 heavy (non-hydrogen) atoms. The van der Waals surface area contributed by atoms with Gasteiger partial charge in [0.05, 0.1) is 5.25 Å². The molecule has 4 unspecified atom stereocenters. The van der Waals surface area contributed by atoms with Crippen LogP contribution in [0.4, 0.5) is 0 Å². The van der Waals surface area contributed by atoms with Gasteiger partial charge < -0.3 is 5.73 Å². The van der Waals surface area contributed by atoms with Crippen LogP contribution in [0, 0.1) is 17.3 Å². The highest BCUT2D eigenvalue weighted by Crippen LogP contribution is 2.45. The van der Waals surface area contributed by atoms with Crippen molar-refractivity contribution in [3.05, 3.63) is 0 Å². The highest BCUT2D eigenvalue weighted by Gasteiger charge is 2.40. The second-order valence-corrected chi connectivity index (χ2v) is 9.94. The first-order valence-corrected chi connectivity index (χ1v) is 9.59. The number of nitrogens with two attached hydrogens (primary N) is 1. The van der Waals surface area contributed by atoms with Crippen molar-refractivity contribution in [2.45, 2.75) is 70.1 Å². The maximum absolute atomic E-state index is 11.8. The Bertz CT molecular complexity index is 416. The molecule has 0 amide bonds. The van der Waals surface area contributed by atoms with E-state index in [0.717, 1.165) is 32.1 Å². The van der Waals surface area contributed by atoms with E-state index in [1.54, 1.807) is 0 Å². The SMILES string of the molecule is CC1(C)CCC(N)C(C2CCCC(S(C)(=O)=O)C2)C1. The molecule has 0 bridgehead atoms. The van der Waals surface area contributed by atoms with Gasteiger partial charge in [-0.25, -0.2) is 8.42 Å². The molecule has 2 aliphatic carbocycles. The molecule has 0 aromatic carbocycles. The van der Waals surface area contributed by atoms with Crippen LogP contribution in [-0.2, 0) is 9.84 Å². The van der Waals surface area contributed by atoms with Crippen molar-refractivity contribution >= 4 is 9.84 Å². The Morgan fingerprint density at radius 2 is 1.84 bits per heavy atom. The summed E-state index contributed by atoms with van der Waals surface area (Å²) < 4.78 is 23.6. The predicted octanol–water partition coefficient (Wildman–Crippen LogP) is 2.74. The number of hydrogen-bond acceptors (Lipinski definition) is 3. The lowest BCUT2D eigenvalue weighted by Crippen LogP contribution is -2.45. The average molecular weight is 287 g/mol. The molecule has 4 heteroatoms. The van der Waals surface area contributed by atoms with Crippen molar-refractivity contribution < 1.29 is 8.42 Å². The molecule has 112 valence electrons. The Hall–Kier alpha value is -0.0900. The van der Waals surface area contributed by atoms with Gasteiger partial charge in [0, 0.05) is 12.3 Å². The first kappa shape index (κ1) is 15.3. The summed E-state index contributed by atoms with van der Waals surface area (Å²) >= 11 is 0. The summed E-state index contributed by atoms with van der Waals surface area (Å²) in [6.45, 7) is 4.64. The lowest BCUT2D eigenvalue weighted by molar-refractivity contribution is 0.0939. The van der Waals surface area contributed by atoms with Crippen LogP contribution in [-0.4, -0.2) is 26.0 Å². The van der Waals surface area contributed by atoms with E-state index >= 15 is 0 Å². The van der Waals surface area contributed by atoms with Gasteiger partial charge in [-0.05, 0) is 49.4 Å². The molecule has 0 heterocycles. The predicted molar refractivity (Wildman–Crippen MR) is 79.7 cm³/mol. The van der Waals surface area contributed by atoms with E-state index in [1.165, 1.54) is 19.1 Å².